The van der Waals surface area contributed by atoms with Gasteiger partial charge in [-0.15, -0.1) is 24.8 Å². The van der Waals surface area contributed by atoms with Crippen LogP contribution >= 0.6 is 24.8 Å². The molecule has 0 bridgehead atoms. The molecule has 0 aliphatic carbocycles. The van der Waals surface area contributed by atoms with Gasteiger partial charge in [0.15, 0.2) is 5.82 Å². The second-order valence-corrected chi connectivity index (χ2v) is 6.51. The molecular formula is C20H20Cl2F2N6O. The van der Waals surface area contributed by atoms with E-state index in [-0.39, 0.29) is 42.2 Å². The summed E-state index contributed by atoms with van der Waals surface area (Å²) in [6.45, 7) is 2.16. The van der Waals surface area contributed by atoms with Crippen LogP contribution in [0.4, 0.5) is 25.1 Å². The Labute approximate surface area is 190 Å². The highest BCUT2D eigenvalue weighted by molar-refractivity contribution is 5.89. The third-order valence-corrected chi connectivity index (χ3v) is 4.62. The van der Waals surface area contributed by atoms with Gasteiger partial charge in [0.2, 0.25) is 0 Å². The molecule has 11 heteroatoms. The van der Waals surface area contributed by atoms with E-state index in [4.69, 9.17) is 0 Å². The molecule has 4 rings (SSSR count). The predicted molar refractivity (Wildman–Crippen MR) is 119 cm³/mol. The van der Waals surface area contributed by atoms with Crippen molar-refractivity contribution in [3.8, 4) is 11.4 Å². The fraction of sp³-hybridized carbons (Fsp3) is 0.200. The zero-order valence-corrected chi connectivity index (χ0v) is 17.9. The number of benzene rings is 1. The zero-order chi connectivity index (χ0) is 20.2. The normalized spacial score (nSPS) is 13.1. The maximum atomic E-state index is 14.0. The van der Waals surface area contributed by atoms with Crippen LogP contribution in [-0.4, -0.2) is 52.1 Å². The number of hydrogen-bond donors (Lipinski definition) is 1. The lowest BCUT2D eigenvalue weighted by Gasteiger charge is -2.35. The molecule has 31 heavy (non-hydrogen) atoms. The summed E-state index contributed by atoms with van der Waals surface area (Å²) >= 11 is 0. The molecule has 0 unspecified atom stereocenters. The van der Waals surface area contributed by atoms with Crippen LogP contribution in [-0.2, 0) is 0 Å². The molecule has 164 valence electrons. The number of pyridine rings is 1. The van der Waals surface area contributed by atoms with E-state index in [1.54, 1.807) is 41.7 Å². The molecule has 0 spiro atoms. The summed E-state index contributed by atoms with van der Waals surface area (Å²) in [6.07, 6.45) is 4.77. The van der Waals surface area contributed by atoms with Gasteiger partial charge >= 0.3 is 6.03 Å². The molecule has 1 N–H and O–H groups in total. The number of carbonyl (C=O) groups excluding carboxylic acids is 1. The number of amides is 2. The average molecular weight is 469 g/mol. The van der Waals surface area contributed by atoms with Crippen molar-refractivity contribution < 1.29 is 13.6 Å². The topological polar surface area (TPSA) is 74.2 Å². The standard InChI is InChI=1S/C20H18F2N6O.2ClH/c21-14-3-4-16(17(22)12-14)19-24-7-5-18(26-19)27-8-10-28(11-9-27)20(29)25-15-2-1-6-23-13-15;;/h1-7,12-13H,8-11H2,(H,25,29);2*1H. The molecule has 1 fully saturated rings. The van der Waals surface area contributed by atoms with Crippen LogP contribution in [0.1, 0.15) is 0 Å². The van der Waals surface area contributed by atoms with Gasteiger partial charge in [-0.25, -0.2) is 23.5 Å². The summed E-state index contributed by atoms with van der Waals surface area (Å²) in [7, 11) is 0. The summed E-state index contributed by atoms with van der Waals surface area (Å²) in [5, 5.41) is 2.82. The van der Waals surface area contributed by atoms with Crippen molar-refractivity contribution in [1.82, 2.24) is 19.9 Å². The highest BCUT2D eigenvalue weighted by Gasteiger charge is 2.22. The molecule has 3 aromatic rings. The van der Waals surface area contributed by atoms with Gasteiger partial charge in [0.05, 0.1) is 17.4 Å². The van der Waals surface area contributed by atoms with E-state index < -0.39 is 11.6 Å². The minimum Gasteiger partial charge on any atom is -0.353 e. The monoisotopic (exact) mass is 468 g/mol. The molecule has 7 nitrogen and oxygen atoms in total. The number of rotatable bonds is 3. The van der Waals surface area contributed by atoms with E-state index in [0.717, 1.165) is 6.07 Å². The smallest absolute Gasteiger partial charge is 0.322 e. The van der Waals surface area contributed by atoms with Gasteiger partial charge in [0, 0.05) is 44.6 Å². The number of nitrogens with one attached hydrogen (secondary N) is 1. The van der Waals surface area contributed by atoms with Crippen LogP contribution in [0.3, 0.4) is 0 Å². The number of urea groups is 1. The second kappa shape index (κ2) is 10.8. The minimum atomic E-state index is -0.709. The van der Waals surface area contributed by atoms with E-state index in [0.29, 0.717) is 37.7 Å². The van der Waals surface area contributed by atoms with Gasteiger partial charge in [-0.05, 0) is 30.3 Å². The lowest BCUT2D eigenvalue weighted by atomic mass is 10.2. The second-order valence-electron chi connectivity index (χ2n) is 6.51. The van der Waals surface area contributed by atoms with Gasteiger partial charge in [0.25, 0.3) is 0 Å². The summed E-state index contributed by atoms with van der Waals surface area (Å²) in [5.41, 5.74) is 0.782. The van der Waals surface area contributed by atoms with Crippen molar-refractivity contribution in [1.29, 1.82) is 0 Å². The molecule has 0 radical (unpaired) electrons. The first-order valence-electron chi connectivity index (χ1n) is 9.09. The quantitative estimate of drug-likeness (QED) is 0.628. The van der Waals surface area contributed by atoms with Crippen LogP contribution in [0.5, 0.6) is 0 Å². The predicted octanol–water partition coefficient (Wildman–Crippen LogP) is 4.01. The lowest BCUT2D eigenvalue weighted by molar-refractivity contribution is 0.208. The third-order valence-electron chi connectivity index (χ3n) is 4.62. The molecule has 1 aromatic carbocycles. The highest BCUT2D eigenvalue weighted by Crippen LogP contribution is 2.22. The molecule has 1 saturated heterocycles. The number of halogens is 4. The fourth-order valence-corrected chi connectivity index (χ4v) is 3.10. The van der Waals surface area contributed by atoms with Gasteiger partial charge in [-0.2, -0.15) is 0 Å². The molecule has 3 heterocycles. The van der Waals surface area contributed by atoms with E-state index in [1.807, 2.05) is 4.90 Å². The summed E-state index contributed by atoms with van der Waals surface area (Å²) in [6, 6.07) is 8.39. The number of nitrogens with zero attached hydrogens (tertiary/aromatic N) is 5. The maximum absolute atomic E-state index is 14.0. The first-order valence-corrected chi connectivity index (χ1v) is 9.09. The molecule has 0 atom stereocenters. The SMILES string of the molecule is Cl.Cl.O=C(Nc1cccnc1)N1CCN(c2ccnc(-c3ccc(F)cc3F)n2)CC1. The minimum absolute atomic E-state index is 0. The van der Waals surface area contributed by atoms with Crippen molar-refractivity contribution >= 4 is 42.4 Å². The Bertz CT molecular complexity index is 1020. The number of piperazine rings is 1. The third kappa shape index (κ3) is 5.77. The van der Waals surface area contributed by atoms with Crippen molar-refractivity contribution in [2.24, 2.45) is 0 Å². The maximum Gasteiger partial charge on any atom is 0.322 e. The van der Waals surface area contributed by atoms with Gasteiger partial charge in [0.1, 0.15) is 17.5 Å². The van der Waals surface area contributed by atoms with E-state index >= 15 is 0 Å². The summed E-state index contributed by atoms with van der Waals surface area (Å²) < 4.78 is 27.2. The van der Waals surface area contributed by atoms with Gasteiger partial charge < -0.3 is 15.1 Å². The van der Waals surface area contributed by atoms with E-state index in [9.17, 15) is 13.6 Å². The van der Waals surface area contributed by atoms with Crippen LogP contribution in [0.25, 0.3) is 11.4 Å². The lowest BCUT2D eigenvalue weighted by Crippen LogP contribution is -2.50. The molecule has 2 amide bonds. The first kappa shape index (κ1) is 24.2. The van der Waals surface area contributed by atoms with Crippen LogP contribution < -0.4 is 10.2 Å². The summed E-state index contributed by atoms with van der Waals surface area (Å²) in [4.78, 5) is 28.6. The average Bonchev–Trinajstić information content (AvgIpc) is 2.75. The molecule has 2 aromatic heterocycles. The highest BCUT2D eigenvalue weighted by atomic mass is 35.5. The molecule has 0 saturated carbocycles. The molecule has 1 aliphatic rings. The Balaban J connectivity index is 0.00000171. The number of anilines is 2. The Morgan fingerprint density at radius 3 is 2.45 bits per heavy atom. The number of aromatic nitrogens is 3. The Hall–Kier alpha value is -3.04. The Morgan fingerprint density at radius 2 is 1.77 bits per heavy atom. The largest absolute Gasteiger partial charge is 0.353 e. The van der Waals surface area contributed by atoms with Crippen LogP contribution in [0.2, 0.25) is 0 Å². The zero-order valence-electron chi connectivity index (χ0n) is 16.2. The number of carbonyl (C=O) groups is 1. The summed E-state index contributed by atoms with van der Waals surface area (Å²) in [5.74, 6) is -0.537. The Kier molecular flexibility index (Phi) is 8.47. The van der Waals surface area contributed by atoms with Gasteiger partial charge in [-0.1, -0.05) is 0 Å². The first-order chi connectivity index (χ1) is 14.1. The number of hydrogen-bond acceptors (Lipinski definition) is 5. The van der Waals surface area contributed by atoms with Crippen LogP contribution in [0.15, 0.2) is 55.0 Å². The fourth-order valence-electron chi connectivity index (χ4n) is 3.10. The van der Waals surface area contributed by atoms with Crippen LogP contribution in [0, 0.1) is 11.6 Å². The van der Waals surface area contributed by atoms with E-state index in [2.05, 4.69) is 20.3 Å². The van der Waals surface area contributed by atoms with Crippen molar-refractivity contribution in [3.63, 3.8) is 0 Å². The van der Waals surface area contributed by atoms with Crippen molar-refractivity contribution in [2.75, 3.05) is 36.4 Å². The van der Waals surface area contributed by atoms with Gasteiger partial charge in [-0.3, -0.25) is 4.98 Å². The Morgan fingerprint density at radius 1 is 1.00 bits per heavy atom. The molecule has 1 aliphatic heterocycles. The van der Waals surface area contributed by atoms with E-state index in [1.165, 1.54) is 12.1 Å². The van der Waals surface area contributed by atoms with Crippen molar-refractivity contribution in [3.05, 3.63) is 66.6 Å². The van der Waals surface area contributed by atoms with Crippen molar-refractivity contribution in [2.45, 2.75) is 0 Å². The molecular weight excluding hydrogens is 449 g/mol.